The molecule has 0 heterocycles. The molecule has 0 unspecified atom stereocenters. The molecule has 0 radical (unpaired) electrons. The largest absolute Gasteiger partial charge is 0.481 e. The van der Waals surface area contributed by atoms with Gasteiger partial charge in [0.25, 0.3) is 5.97 Å². The zero-order valence-electron chi connectivity index (χ0n) is 9.28. The first kappa shape index (κ1) is 21.1. The van der Waals surface area contributed by atoms with Gasteiger partial charge in [-0.25, -0.2) is 4.79 Å². The third kappa shape index (κ3) is 11.9. The quantitative estimate of drug-likeness (QED) is 0.375. The molecule has 0 amide bonds. The molecule has 0 spiro atoms. The number of hydrogen-bond acceptors (Lipinski definition) is 5. The number of carboxylic acid groups (broad SMARTS) is 4. The van der Waals surface area contributed by atoms with Gasteiger partial charge in [-0.15, -0.1) is 0 Å². The van der Waals surface area contributed by atoms with Crippen LogP contribution in [0.1, 0.15) is 19.8 Å². The van der Waals surface area contributed by atoms with Crippen molar-refractivity contribution in [1.82, 2.24) is 0 Å². The summed E-state index contributed by atoms with van der Waals surface area (Å²) in [6, 6.07) is 0. The molecule has 0 saturated heterocycles. The van der Waals surface area contributed by atoms with E-state index in [0.717, 1.165) is 6.92 Å². The Balaban J connectivity index is -0.000000392. The highest BCUT2D eigenvalue weighted by atomic mass is 16.4. The van der Waals surface area contributed by atoms with E-state index in [1.54, 1.807) is 0 Å². The maximum Gasteiger partial charge on any atom is 0.336 e. The molecule has 0 aromatic rings. The highest BCUT2D eigenvalue weighted by Gasteiger charge is 2.40. The van der Waals surface area contributed by atoms with E-state index < -0.39 is 42.3 Å². The Bertz CT molecular complexity index is 300. The fourth-order valence-corrected chi connectivity index (χ4v) is 0.714. The summed E-state index contributed by atoms with van der Waals surface area (Å²) in [4.78, 5) is 39.5. The van der Waals surface area contributed by atoms with Crippen LogP contribution in [-0.4, -0.2) is 60.5 Å². The molecular weight excluding hydrogens is 256 g/mol. The van der Waals surface area contributed by atoms with Crippen molar-refractivity contribution in [3.05, 3.63) is 0 Å². The van der Waals surface area contributed by atoms with E-state index in [4.69, 9.17) is 30.3 Å². The van der Waals surface area contributed by atoms with Crippen LogP contribution in [0.25, 0.3) is 0 Å². The molecule has 0 aliphatic heterocycles. The second kappa shape index (κ2) is 8.90. The predicted molar refractivity (Wildman–Crippen MR) is 54.0 cm³/mol. The van der Waals surface area contributed by atoms with Crippen LogP contribution < -0.4 is 0 Å². The van der Waals surface area contributed by atoms with E-state index in [0.29, 0.717) is 0 Å². The number of carbonyl (C=O) groups is 4. The number of hydrogen-bond donors (Lipinski definition) is 5. The molecule has 0 bridgehead atoms. The smallest absolute Gasteiger partial charge is 0.336 e. The van der Waals surface area contributed by atoms with Gasteiger partial charge in [0.2, 0.25) is 0 Å². The third-order valence-electron chi connectivity index (χ3n) is 1.29. The molecule has 10 heteroatoms. The highest BCUT2D eigenvalue weighted by Crippen LogP contribution is 2.15. The molecule has 0 atom stereocenters. The van der Waals surface area contributed by atoms with Crippen molar-refractivity contribution in [2.45, 2.75) is 25.4 Å². The molecule has 0 aromatic carbocycles. The fraction of sp³-hybridized carbons (Fsp3) is 0.500. The summed E-state index contributed by atoms with van der Waals surface area (Å²) in [6.07, 6.45) is -2.29. The van der Waals surface area contributed by atoms with Crippen LogP contribution in [0.3, 0.4) is 0 Å². The van der Waals surface area contributed by atoms with Gasteiger partial charge in [0.1, 0.15) is 0 Å². The van der Waals surface area contributed by atoms with Gasteiger partial charge < -0.3 is 31.0 Å². The minimum Gasteiger partial charge on any atom is -0.481 e. The first-order valence-corrected chi connectivity index (χ1v) is 4.10. The Morgan fingerprint density at radius 3 is 1.22 bits per heavy atom. The summed E-state index contributed by atoms with van der Waals surface area (Å²) in [5, 5.41) is 41.2. The average molecular weight is 270 g/mol. The zero-order chi connectivity index (χ0) is 14.2. The van der Waals surface area contributed by atoms with E-state index in [1.807, 2.05) is 0 Å². The number of carboxylic acids is 4. The van der Waals surface area contributed by atoms with E-state index in [1.165, 1.54) is 0 Å². The molecule has 0 aliphatic carbocycles. The van der Waals surface area contributed by atoms with Gasteiger partial charge in [-0.05, 0) is 0 Å². The zero-order valence-corrected chi connectivity index (χ0v) is 9.28. The lowest BCUT2D eigenvalue weighted by atomic mass is 9.96. The predicted octanol–water partition coefficient (Wildman–Crippen LogP) is -1.98. The normalized spacial score (nSPS) is 9.22. The van der Waals surface area contributed by atoms with Crippen LogP contribution in [0.5, 0.6) is 0 Å². The minimum atomic E-state index is -2.74. The van der Waals surface area contributed by atoms with Crippen LogP contribution in [-0.2, 0) is 19.2 Å². The maximum absolute atomic E-state index is 10.3. The summed E-state index contributed by atoms with van der Waals surface area (Å²) in [5.74, 6) is -5.85. The van der Waals surface area contributed by atoms with Gasteiger partial charge >= 0.3 is 17.9 Å². The Hall–Kier alpha value is -2.20. The summed E-state index contributed by atoms with van der Waals surface area (Å²) >= 11 is 0. The van der Waals surface area contributed by atoms with Gasteiger partial charge in [-0.2, -0.15) is 0 Å². The number of rotatable bonds is 5. The van der Waals surface area contributed by atoms with Gasteiger partial charge in [0, 0.05) is 6.92 Å². The van der Waals surface area contributed by atoms with Crippen LogP contribution in [0.2, 0.25) is 0 Å². The second-order valence-corrected chi connectivity index (χ2v) is 3.00. The molecule has 0 rings (SSSR count). The first-order chi connectivity index (χ1) is 7.51. The first-order valence-electron chi connectivity index (χ1n) is 4.10. The molecule has 0 aliphatic rings. The summed E-state index contributed by atoms with van der Waals surface area (Å²) in [7, 11) is 0. The Morgan fingerprint density at radius 2 is 1.11 bits per heavy atom. The van der Waals surface area contributed by atoms with Crippen molar-refractivity contribution in [1.29, 1.82) is 0 Å². The molecule has 7 N–H and O–H groups in total. The monoisotopic (exact) mass is 270 g/mol. The van der Waals surface area contributed by atoms with Crippen LogP contribution in [0.15, 0.2) is 0 Å². The van der Waals surface area contributed by atoms with Crippen LogP contribution >= 0.6 is 0 Å². The lowest BCUT2D eigenvalue weighted by Crippen LogP contribution is -2.42. The van der Waals surface area contributed by atoms with Crippen molar-refractivity contribution in [3.63, 3.8) is 0 Å². The Labute approximate surface area is 100 Å². The van der Waals surface area contributed by atoms with Gasteiger partial charge in [0.05, 0.1) is 12.8 Å². The van der Waals surface area contributed by atoms with Crippen LogP contribution in [0, 0.1) is 0 Å². The van der Waals surface area contributed by atoms with Crippen molar-refractivity contribution >= 4 is 23.9 Å². The SMILES string of the molecule is CC(=O)O.O.O=C(O)CC(O)(CC(=O)O)C(=O)O. The second-order valence-electron chi connectivity index (χ2n) is 3.00. The van der Waals surface area contributed by atoms with Crippen molar-refractivity contribution in [3.8, 4) is 0 Å². The summed E-state index contributed by atoms with van der Waals surface area (Å²) in [5.41, 5.74) is -2.74. The number of aliphatic carboxylic acids is 4. The van der Waals surface area contributed by atoms with E-state index in [9.17, 15) is 14.4 Å². The molecule has 0 saturated carbocycles. The minimum absolute atomic E-state index is 0. The van der Waals surface area contributed by atoms with E-state index in [2.05, 4.69) is 0 Å². The molecule has 10 nitrogen and oxygen atoms in total. The van der Waals surface area contributed by atoms with Crippen LogP contribution in [0.4, 0.5) is 0 Å². The Kier molecular flexibility index (Phi) is 10.4. The lowest BCUT2D eigenvalue weighted by molar-refractivity contribution is -0.170. The van der Waals surface area contributed by atoms with Crippen molar-refractivity contribution in [2.24, 2.45) is 0 Å². The Morgan fingerprint density at radius 1 is 0.889 bits per heavy atom. The van der Waals surface area contributed by atoms with Crippen molar-refractivity contribution in [2.75, 3.05) is 0 Å². The molecule has 106 valence electrons. The van der Waals surface area contributed by atoms with Gasteiger partial charge in [0.15, 0.2) is 5.60 Å². The molecular formula is C8H14O10. The topological polar surface area (TPSA) is 201 Å². The maximum atomic E-state index is 10.3. The standard InChI is InChI=1S/C6H8O7.C2H4O2.H2O/c7-3(8)1-6(13,5(11)12)2-4(9)10;1-2(3)4;/h13H,1-2H2,(H,7,8)(H,9,10)(H,11,12);1H3,(H,3,4);1H2. The molecule has 18 heavy (non-hydrogen) atoms. The molecule has 0 aromatic heterocycles. The van der Waals surface area contributed by atoms with E-state index >= 15 is 0 Å². The van der Waals surface area contributed by atoms with Crippen molar-refractivity contribution < 1.29 is 50.2 Å². The summed E-state index contributed by atoms with van der Waals surface area (Å²) < 4.78 is 0. The third-order valence-corrected chi connectivity index (χ3v) is 1.29. The van der Waals surface area contributed by atoms with Gasteiger partial charge in [-0.1, -0.05) is 0 Å². The number of aliphatic hydroxyl groups is 1. The summed E-state index contributed by atoms with van der Waals surface area (Å²) in [6.45, 7) is 1.08. The molecule has 0 fully saturated rings. The van der Waals surface area contributed by atoms with E-state index in [-0.39, 0.29) is 5.48 Å². The fourth-order valence-electron chi connectivity index (χ4n) is 0.714. The lowest BCUT2D eigenvalue weighted by Gasteiger charge is -2.18. The average Bonchev–Trinajstić information content (AvgIpc) is 1.98. The van der Waals surface area contributed by atoms with Gasteiger partial charge in [-0.3, -0.25) is 14.4 Å². The highest BCUT2D eigenvalue weighted by molar-refractivity contribution is 5.88.